The lowest BCUT2D eigenvalue weighted by Gasteiger charge is -1.79. The second kappa shape index (κ2) is 4.99. The van der Waals surface area contributed by atoms with E-state index >= 15 is 0 Å². The molecule has 0 spiro atoms. The van der Waals surface area contributed by atoms with Crippen molar-refractivity contribution in [3.63, 3.8) is 0 Å². The third-order valence-corrected chi connectivity index (χ3v) is 2.79. The summed E-state index contributed by atoms with van der Waals surface area (Å²) in [6.07, 6.45) is 6.15. The molecule has 1 N–H and O–H groups in total. The van der Waals surface area contributed by atoms with Gasteiger partial charge in [-0.05, 0) is 34.1 Å². The smallest absolute Gasteiger partial charge is 0.328 e. The summed E-state index contributed by atoms with van der Waals surface area (Å²) in [6, 6.07) is 3.91. The molecule has 0 bridgehead atoms. The summed E-state index contributed by atoms with van der Waals surface area (Å²) in [6.45, 7) is 0. The number of carboxylic acids is 1. The molecule has 1 heterocycles. The largest absolute Gasteiger partial charge is 0.478 e. The summed E-state index contributed by atoms with van der Waals surface area (Å²) in [7, 11) is 0. The highest BCUT2D eigenvalue weighted by atomic mass is 79.9. The molecule has 0 unspecified atom stereocenters. The Kier molecular flexibility index (Phi) is 3.92. The number of thiophene rings is 1. The van der Waals surface area contributed by atoms with Gasteiger partial charge in [0.15, 0.2) is 0 Å². The van der Waals surface area contributed by atoms with Crippen molar-refractivity contribution in [1.29, 1.82) is 0 Å². The molecule has 0 fully saturated rings. The minimum absolute atomic E-state index is 0.933. The zero-order chi connectivity index (χ0) is 9.68. The highest BCUT2D eigenvalue weighted by Crippen LogP contribution is 2.22. The highest BCUT2D eigenvalue weighted by molar-refractivity contribution is 9.11. The first-order valence-corrected chi connectivity index (χ1v) is 5.12. The molecule has 2 nitrogen and oxygen atoms in total. The molecule has 1 aromatic heterocycles. The molecule has 0 radical (unpaired) electrons. The van der Waals surface area contributed by atoms with E-state index in [2.05, 4.69) is 15.9 Å². The van der Waals surface area contributed by atoms with Crippen LogP contribution < -0.4 is 0 Å². The van der Waals surface area contributed by atoms with Gasteiger partial charge < -0.3 is 5.11 Å². The summed E-state index contributed by atoms with van der Waals surface area (Å²) in [5, 5.41) is 8.29. The molecule has 1 rings (SSSR count). The fourth-order valence-electron chi connectivity index (χ4n) is 0.706. The number of aliphatic carboxylic acids is 1. The third-order valence-electron chi connectivity index (χ3n) is 1.20. The van der Waals surface area contributed by atoms with Crippen molar-refractivity contribution in [1.82, 2.24) is 0 Å². The second-order valence-electron chi connectivity index (χ2n) is 2.20. The minimum atomic E-state index is -0.933. The molecule has 0 saturated heterocycles. The Balaban J connectivity index is 2.54. The summed E-state index contributed by atoms with van der Waals surface area (Å²) in [4.78, 5) is 11.2. The lowest BCUT2D eigenvalue weighted by molar-refractivity contribution is -0.131. The van der Waals surface area contributed by atoms with E-state index in [1.54, 1.807) is 17.4 Å². The van der Waals surface area contributed by atoms with Crippen LogP contribution in [0, 0.1) is 0 Å². The molecule has 0 aromatic carbocycles. The van der Waals surface area contributed by atoms with Crippen LogP contribution in [-0.2, 0) is 4.79 Å². The zero-order valence-electron chi connectivity index (χ0n) is 6.61. The molecule has 0 saturated carbocycles. The van der Waals surface area contributed by atoms with Gasteiger partial charge in [-0.15, -0.1) is 11.3 Å². The lowest BCUT2D eigenvalue weighted by atomic mass is 10.4. The average Bonchev–Trinajstić information content (AvgIpc) is 2.45. The van der Waals surface area contributed by atoms with E-state index in [9.17, 15) is 4.79 Å². The third kappa shape index (κ3) is 4.05. The van der Waals surface area contributed by atoms with Crippen molar-refractivity contribution in [3.8, 4) is 0 Å². The average molecular weight is 259 g/mol. The van der Waals surface area contributed by atoms with Gasteiger partial charge in [-0.25, -0.2) is 4.79 Å². The number of hydrogen-bond donors (Lipinski definition) is 1. The Morgan fingerprint density at radius 3 is 2.77 bits per heavy atom. The number of halogens is 1. The minimum Gasteiger partial charge on any atom is -0.478 e. The molecule has 68 valence electrons. The van der Waals surface area contributed by atoms with Crippen LogP contribution in [0.4, 0.5) is 0 Å². The van der Waals surface area contributed by atoms with E-state index in [4.69, 9.17) is 5.11 Å². The number of rotatable bonds is 3. The second-order valence-corrected chi connectivity index (χ2v) is 4.69. The Hall–Kier alpha value is -0.870. The van der Waals surface area contributed by atoms with Crippen molar-refractivity contribution in [2.75, 3.05) is 0 Å². The predicted octanol–water partition coefficient (Wildman–Crippen LogP) is 3.16. The van der Waals surface area contributed by atoms with Crippen molar-refractivity contribution in [2.24, 2.45) is 0 Å². The monoisotopic (exact) mass is 258 g/mol. The Labute approximate surface area is 88.3 Å². The zero-order valence-corrected chi connectivity index (χ0v) is 9.01. The van der Waals surface area contributed by atoms with Crippen molar-refractivity contribution >= 4 is 39.3 Å². The van der Waals surface area contributed by atoms with E-state index in [0.717, 1.165) is 14.7 Å². The van der Waals surface area contributed by atoms with Crippen LogP contribution in [0.15, 0.2) is 34.1 Å². The number of hydrogen-bond acceptors (Lipinski definition) is 2. The van der Waals surface area contributed by atoms with Crippen LogP contribution in [-0.4, -0.2) is 11.1 Å². The van der Waals surface area contributed by atoms with Crippen LogP contribution >= 0.6 is 27.3 Å². The summed E-state index contributed by atoms with van der Waals surface area (Å²) in [5.41, 5.74) is 0. The van der Waals surface area contributed by atoms with E-state index < -0.39 is 5.97 Å². The molecular weight excluding hydrogens is 252 g/mol. The highest BCUT2D eigenvalue weighted by Gasteiger charge is 1.90. The molecule has 0 amide bonds. The van der Waals surface area contributed by atoms with E-state index in [1.165, 1.54) is 6.08 Å². The molecule has 13 heavy (non-hydrogen) atoms. The molecule has 4 heteroatoms. The Bertz CT molecular complexity index is 352. The fraction of sp³-hybridized carbons (Fsp3) is 0. The molecule has 1 aromatic rings. The molecular formula is C9H7BrO2S. The van der Waals surface area contributed by atoms with Crippen molar-refractivity contribution in [2.45, 2.75) is 0 Å². The van der Waals surface area contributed by atoms with Gasteiger partial charge in [-0.3, -0.25) is 0 Å². The molecule has 0 aliphatic carbocycles. The summed E-state index contributed by atoms with van der Waals surface area (Å²) in [5.74, 6) is -0.933. The Morgan fingerprint density at radius 1 is 1.46 bits per heavy atom. The van der Waals surface area contributed by atoms with Gasteiger partial charge >= 0.3 is 5.97 Å². The Morgan fingerprint density at radius 2 is 2.23 bits per heavy atom. The van der Waals surface area contributed by atoms with Gasteiger partial charge in [0.1, 0.15) is 0 Å². The quantitative estimate of drug-likeness (QED) is 0.668. The van der Waals surface area contributed by atoms with Gasteiger partial charge in [0.05, 0.1) is 3.79 Å². The van der Waals surface area contributed by atoms with Crippen molar-refractivity contribution in [3.05, 3.63) is 39.0 Å². The fourth-order valence-corrected chi connectivity index (χ4v) is 2.04. The van der Waals surface area contributed by atoms with Gasteiger partial charge in [0, 0.05) is 11.0 Å². The van der Waals surface area contributed by atoms with Gasteiger partial charge in [-0.1, -0.05) is 12.2 Å². The van der Waals surface area contributed by atoms with Crippen LogP contribution in [0.3, 0.4) is 0 Å². The van der Waals surface area contributed by atoms with E-state index in [-0.39, 0.29) is 0 Å². The predicted molar refractivity (Wildman–Crippen MR) is 57.8 cm³/mol. The van der Waals surface area contributed by atoms with Crippen LogP contribution in [0.2, 0.25) is 0 Å². The molecule has 0 aliphatic heterocycles. The molecule has 0 aliphatic rings. The van der Waals surface area contributed by atoms with Gasteiger partial charge in [-0.2, -0.15) is 0 Å². The SMILES string of the molecule is O=C(O)/C=C/C=C/c1ccc(Br)s1. The first-order valence-electron chi connectivity index (χ1n) is 3.51. The van der Waals surface area contributed by atoms with Gasteiger partial charge in [0.25, 0.3) is 0 Å². The maximum Gasteiger partial charge on any atom is 0.328 e. The first-order chi connectivity index (χ1) is 6.18. The summed E-state index contributed by atoms with van der Waals surface area (Å²) >= 11 is 4.93. The van der Waals surface area contributed by atoms with E-state index in [0.29, 0.717) is 0 Å². The number of allylic oxidation sites excluding steroid dienone is 2. The number of carboxylic acid groups (broad SMARTS) is 1. The molecule has 0 atom stereocenters. The first kappa shape index (κ1) is 10.2. The van der Waals surface area contributed by atoms with E-state index in [1.807, 2.05) is 18.2 Å². The van der Waals surface area contributed by atoms with Crippen LogP contribution in [0.1, 0.15) is 4.88 Å². The standard InChI is InChI=1S/C9H7BrO2S/c10-8-6-5-7(13-8)3-1-2-4-9(11)12/h1-6H,(H,11,12)/b3-1+,4-2+. The van der Waals surface area contributed by atoms with Crippen LogP contribution in [0.25, 0.3) is 6.08 Å². The maximum absolute atomic E-state index is 10.1. The lowest BCUT2D eigenvalue weighted by Crippen LogP contribution is -1.84. The van der Waals surface area contributed by atoms with Crippen LogP contribution in [0.5, 0.6) is 0 Å². The topological polar surface area (TPSA) is 37.3 Å². The van der Waals surface area contributed by atoms with Crippen molar-refractivity contribution < 1.29 is 9.90 Å². The maximum atomic E-state index is 10.1. The van der Waals surface area contributed by atoms with Gasteiger partial charge in [0.2, 0.25) is 0 Å². The number of carbonyl (C=O) groups is 1. The normalized spacial score (nSPS) is 11.5. The summed E-state index contributed by atoms with van der Waals surface area (Å²) < 4.78 is 1.06.